The lowest BCUT2D eigenvalue weighted by Crippen LogP contribution is -2.24. The molecule has 4 heteroatoms. The molecule has 3 nitrogen and oxygen atoms in total. The SMILES string of the molecule is CC(C)N(C)C=S(=O)=O. The van der Waals surface area contributed by atoms with Crippen molar-refractivity contribution in [1.82, 2.24) is 4.90 Å². The van der Waals surface area contributed by atoms with E-state index in [1.165, 1.54) is 0 Å². The average Bonchev–Trinajstić information content (AvgIpc) is 1.63. The highest BCUT2D eigenvalue weighted by atomic mass is 32.2. The lowest BCUT2D eigenvalue weighted by molar-refractivity contribution is 0.434. The van der Waals surface area contributed by atoms with E-state index < -0.39 is 10.3 Å². The highest BCUT2D eigenvalue weighted by molar-refractivity contribution is 7.71. The molecule has 0 fully saturated rings. The fourth-order valence-corrected chi connectivity index (χ4v) is 0.772. The Morgan fingerprint density at radius 1 is 1.44 bits per heavy atom. The van der Waals surface area contributed by atoms with Gasteiger partial charge in [-0.25, -0.2) is 0 Å². The van der Waals surface area contributed by atoms with Crippen molar-refractivity contribution in [3.8, 4) is 0 Å². The van der Waals surface area contributed by atoms with Gasteiger partial charge in [-0.15, -0.1) is 0 Å². The van der Waals surface area contributed by atoms with Crippen LogP contribution in [0.25, 0.3) is 0 Å². The molecule has 0 aliphatic heterocycles. The Hall–Kier alpha value is -0.350. The Balaban J connectivity index is 4.08. The maximum Gasteiger partial charge on any atom is 0.225 e. The molecule has 0 N–H and O–H groups in total. The molecule has 0 aromatic carbocycles. The molecule has 0 aromatic heterocycles. The molecule has 0 bridgehead atoms. The number of hydrogen-bond donors (Lipinski definition) is 0. The van der Waals surface area contributed by atoms with Gasteiger partial charge in [-0.05, 0) is 20.9 Å². The van der Waals surface area contributed by atoms with Gasteiger partial charge in [-0.1, -0.05) is 0 Å². The number of rotatable bonds is 2. The minimum Gasteiger partial charge on any atom is -0.269 e. The van der Waals surface area contributed by atoms with Crippen molar-refractivity contribution in [2.45, 2.75) is 19.9 Å². The Bertz CT molecular complexity index is 185. The van der Waals surface area contributed by atoms with Gasteiger partial charge >= 0.3 is 0 Å². The maximum atomic E-state index is 10.0. The van der Waals surface area contributed by atoms with E-state index in [2.05, 4.69) is 0 Å². The number of hydrogen-bond acceptors (Lipinski definition) is 2. The quantitative estimate of drug-likeness (QED) is 0.517. The summed E-state index contributed by atoms with van der Waals surface area (Å²) in [5.41, 5.74) is 1.16. The first kappa shape index (κ1) is 8.65. The summed E-state index contributed by atoms with van der Waals surface area (Å²) in [6.45, 7) is 3.84. The summed E-state index contributed by atoms with van der Waals surface area (Å²) >= 11 is 0. The third-order valence-electron chi connectivity index (χ3n) is 1.07. The second-order valence-electron chi connectivity index (χ2n) is 2.13. The summed E-state index contributed by atoms with van der Waals surface area (Å²) in [6.07, 6.45) is 0. The Labute approximate surface area is 56.8 Å². The largest absolute Gasteiger partial charge is 0.269 e. The maximum absolute atomic E-state index is 10.0. The summed E-state index contributed by atoms with van der Waals surface area (Å²) < 4.78 is 20.0. The first-order valence-electron chi connectivity index (χ1n) is 2.69. The second-order valence-corrected chi connectivity index (χ2v) is 2.86. The molecular weight excluding hydrogens is 138 g/mol. The Kier molecular flexibility index (Phi) is 3.49. The van der Waals surface area contributed by atoms with Crippen LogP contribution in [-0.4, -0.2) is 31.9 Å². The molecule has 0 amide bonds. The van der Waals surface area contributed by atoms with E-state index in [4.69, 9.17) is 0 Å². The fraction of sp³-hybridized carbons (Fsp3) is 0.800. The third-order valence-corrected chi connectivity index (χ3v) is 1.57. The first-order chi connectivity index (χ1) is 4.04. The van der Waals surface area contributed by atoms with E-state index >= 15 is 0 Å². The standard InChI is InChI=1S/C5H11NO2S/c1-5(2)6(3)4-9(7)8/h4-5H,1-3H3. The predicted octanol–water partition coefficient (Wildman–Crippen LogP) is -0.0346. The summed E-state index contributed by atoms with van der Waals surface area (Å²) in [5.74, 6) is 0. The molecule has 0 saturated carbocycles. The lowest BCUT2D eigenvalue weighted by atomic mass is 10.4. The molecule has 0 aliphatic rings. The summed E-state index contributed by atoms with van der Waals surface area (Å²) in [4.78, 5) is 1.63. The van der Waals surface area contributed by atoms with Gasteiger partial charge in [0.05, 0.1) is 0 Å². The van der Waals surface area contributed by atoms with Crippen molar-refractivity contribution in [1.29, 1.82) is 0 Å². The Morgan fingerprint density at radius 2 is 1.89 bits per heavy atom. The van der Waals surface area contributed by atoms with Crippen LogP contribution in [0, 0.1) is 0 Å². The van der Waals surface area contributed by atoms with Crippen LogP contribution in [0.3, 0.4) is 0 Å². The van der Waals surface area contributed by atoms with Crippen LogP contribution in [0.1, 0.15) is 13.8 Å². The first-order valence-corrected chi connectivity index (χ1v) is 3.83. The van der Waals surface area contributed by atoms with Crippen molar-refractivity contribution in [3.63, 3.8) is 0 Å². The molecule has 0 unspecified atom stereocenters. The molecular formula is C5H11NO2S. The zero-order chi connectivity index (χ0) is 7.44. The second kappa shape index (κ2) is 3.63. The molecule has 0 radical (unpaired) electrons. The predicted molar refractivity (Wildman–Crippen MR) is 37.9 cm³/mol. The van der Waals surface area contributed by atoms with E-state index in [0.29, 0.717) is 0 Å². The van der Waals surface area contributed by atoms with Crippen LogP contribution >= 0.6 is 0 Å². The molecule has 0 spiro atoms. The van der Waals surface area contributed by atoms with Gasteiger partial charge in [0.1, 0.15) is 5.49 Å². The van der Waals surface area contributed by atoms with Crippen LogP contribution in [0.2, 0.25) is 0 Å². The van der Waals surface area contributed by atoms with E-state index in [-0.39, 0.29) is 6.04 Å². The van der Waals surface area contributed by atoms with Crippen LogP contribution in [-0.2, 0) is 10.3 Å². The topological polar surface area (TPSA) is 37.4 Å². The van der Waals surface area contributed by atoms with Gasteiger partial charge in [0.2, 0.25) is 10.3 Å². The van der Waals surface area contributed by atoms with Crippen LogP contribution < -0.4 is 0 Å². The third kappa shape index (κ3) is 4.17. The minimum atomic E-state index is -2.07. The molecule has 0 aromatic rings. The monoisotopic (exact) mass is 149 g/mol. The van der Waals surface area contributed by atoms with E-state index in [0.717, 1.165) is 5.49 Å². The van der Waals surface area contributed by atoms with Crippen molar-refractivity contribution in [2.24, 2.45) is 0 Å². The molecule has 9 heavy (non-hydrogen) atoms. The van der Waals surface area contributed by atoms with Gasteiger partial charge < -0.3 is 0 Å². The van der Waals surface area contributed by atoms with Gasteiger partial charge in [0.25, 0.3) is 0 Å². The van der Waals surface area contributed by atoms with Gasteiger partial charge in [-0.3, -0.25) is 4.90 Å². The van der Waals surface area contributed by atoms with Crippen LogP contribution in [0.5, 0.6) is 0 Å². The molecule has 0 rings (SSSR count). The van der Waals surface area contributed by atoms with Crippen molar-refractivity contribution >= 4 is 15.8 Å². The van der Waals surface area contributed by atoms with Gasteiger partial charge in [0, 0.05) is 6.04 Å². The summed E-state index contributed by atoms with van der Waals surface area (Å²) in [7, 11) is -0.343. The molecule has 0 saturated heterocycles. The van der Waals surface area contributed by atoms with Crippen LogP contribution in [0.15, 0.2) is 0 Å². The molecule has 0 atom stereocenters. The van der Waals surface area contributed by atoms with Crippen molar-refractivity contribution < 1.29 is 8.42 Å². The molecule has 0 heterocycles. The normalized spacial score (nSPS) is 10.3. The van der Waals surface area contributed by atoms with Crippen LogP contribution in [0.4, 0.5) is 0 Å². The fourth-order valence-electron chi connectivity index (χ4n) is 0.257. The minimum absolute atomic E-state index is 0.239. The highest BCUT2D eigenvalue weighted by Crippen LogP contribution is 1.86. The molecule has 0 aliphatic carbocycles. The van der Waals surface area contributed by atoms with E-state index in [9.17, 15) is 8.42 Å². The highest BCUT2D eigenvalue weighted by Gasteiger charge is 1.97. The average molecular weight is 149 g/mol. The zero-order valence-electron chi connectivity index (χ0n) is 5.83. The number of nitrogens with zero attached hydrogens (tertiary/aromatic N) is 1. The van der Waals surface area contributed by atoms with E-state index in [1.54, 1.807) is 11.9 Å². The lowest BCUT2D eigenvalue weighted by Gasteiger charge is -2.12. The summed E-state index contributed by atoms with van der Waals surface area (Å²) in [5, 5.41) is 0. The smallest absolute Gasteiger partial charge is 0.225 e. The van der Waals surface area contributed by atoms with Crippen molar-refractivity contribution in [3.05, 3.63) is 0 Å². The van der Waals surface area contributed by atoms with Gasteiger partial charge in [-0.2, -0.15) is 8.42 Å². The van der Waals surface area contributed by atoms with Crippen molar-refractivity contribution in [2.75, 3.05) is 7.05 Å². The molecule has 54 valence electrons. The Morgan fingerprint density at radius 3 is 2.00 bits per heavy atom. The summed E-state index contributed by atoms with van der Waals surface area (Å²) in [6, 6.07) is 0.239. The zero-order valence-corrected chi connectivity index (χ0v) is 6.64. The van der Waals surface area contributed by atoms with E-state index in [1.807, 2.05) is 13.8 Å². The van der Waals surface area contributed by atoms with Gasteiger partial charge in [0.15, 0.2) is 0 Å².